The van der Waals surface area contributed by atoms with Gasteiger partial charge in [0.1, 0.15) is 5.75 Å². The molecule has 0 spiro atoms. The third-order valence-electron chi connectivity index (χ3n) is 4.26. The Balaban J connectivity index is 0.000000232. The molecule has 30 heavy (non-hydrogen) atoms. The second kappa shape index (κ2) is 10.0. The Morgan fingerprint density at radius 1 is 1.00 bits per heavy atom. The van der Waals surface area contributed by atoms with Gasteiger partial charge < -0.3 is 30.5 Å². The maximum atomic E-state index is 10.9. The van der Waals surface area contributed by atoms with E-state index in [2.05, 4.69) is 23.5 Å². The molecule has 158 valence electrons. The minimum absolute atomic E-state index is 0.00724. The lowest BCUT2D eigenvalue weighted by molar-refractivity contribution is -0.118. The van der Waals surface area contributed by atoms with E-state index in [1.54, 1.807) is 7.11 Å². The first kappa shape index (κ1) is 22.4. The second-order valence-corrected chi connectivity index (χ2v) is 6.41. The van der Waals surface area contributed by atoms with Crippen LogP contribution in [-0.2, 0) is 11.2 Å². The predicted molar refractivity (Wildman–Crippen MR) is 111 cm³/mol. The molecule has 0 aromatic heterocycles. The molecule has 8 heteroatoms. The summed E-state index contributed by atoms with van der Waals surface area (Å²) in [6, 6.07) is 13.9. The maximum Gasteiger partial charge on any atom is 0.335 e. The van der Waals surface area contributed by atoms with Gasteiger partial charge in [-0.05, 0) is 47.0 Å². The van der Waals surface area contributed by atoms with Gasteiger partial charge in [-0.2, -0.15) is 0 Å². The van der Waals surface area contributed by atoms with Crippen molar-refractivity contribution in [2.75, 3.05) is 13.7 Å². The summed E-state index contributed by atoms with van der Waals surface area (Å²) in [6.45, 7) is 2.19. The predicted octanol–water partition coefficient (Wildman–Crippen LogP) is 3.03. The van der Waals surface area contributed by atoms with Crippen molar-refractivity contribution in [2.45, 2.75) is 13.3 Å². The minimum Gasteiger partial charge on any atom is -0.504 e. The summed E-state index contributed by atoms with van der Waals surface area (Å²) in [4.78, 5) is 21.2. The van der Waals surface area contributed by atoms with E-state index in [1.165, 1.54) is 23.3 Å². The second-order valence-electron chi connectivity index (χ2n) is 6.41. The summed E-state index contributed by atoms with van der Waals surface area (Å²) in [7, 11) is 1.67. The first-order chi connectivity index (χ1) is 14.2. The maximum absolute atomic E-state index is 10.9. The van der Waals surface area contributed by atoms with Crippen molar-refractivity contribution in [1.82, 2.24) is 5.32 Å². The summed E-state index contributed by atoms with van der Waals surface area (Å²) in [6.07, 6.45) is 0.823. The van der Waals surface area contributed by atoms with Gasteiger partial charge >= 0.3 is 5.97 Å². The molecule has 5 N–H and O–H groups in total. The Morgan fingerprint density at radius 2 is 1.67 bits per heavy atom. The largest absolute Gasteiger partial charge is 0.504 e. The van der Waals surface area contributed by atoms with Gasteiger partial charge in [0.25, 0.3) is 0 Å². The fraction of sp³-hybridized carbons (Fsp3) is 0.182. The van der Waals surface area contributed by atoms with Crippen molar-refractivity contribution in [3.05, 3.63) is 59.7 Å². The van der Waals surface area contributed by atoms with E-state index < -0.39 is 23.2 Å². The van der Waals surface area contributed by atoms with Crippen LogP contribution in [0.4, 0.5) is 0 Å². The number of ether oxygens (including phenoxy) is 1. The van der Waals surface area contributed by atoms with Crippen molar-refractivity contribution in [2.24, 2.45) is 0 Å². The van der Waals surface area contributed by atoms with Crippen molar-refractivity contribution in [3.8, 4) is 23.0 Å². The quantitative estimate of drug-likeness (QED) is 0.406. The molecule has 3 aromatic carbocycles. The van der Waals surface area contributed by atoms with Gasteiger partial charge in [-0.15, -0.1) is 0 Å². The first-order valence-electron chi connectivity index (χ1n) is 9.01. The molecule has 0 fully saturated rings. The van der Waals surface area contributed by atoms with Crippen LogP contribution in [0.25, 0.3) is 10.8 Å². The number of carboxylic acid groups (broad SMARTS) is 1. The molecule has 3 rings (SSSR count). The fourth-order valence-corrected chi connectivity index (χ4v) is 2.76. The van der Waals surface area contributed by atoms with E-state index in [1.807, 2.05) is 18.2 Å². The molecule has 0 radical (unpaired) electrons. The molecule has 0 saturated carbocycles. The van der Waals surface area contributed by atoms with Gasteiger partial charge in [-0.1, -0.05) is 24.3 Å². The van der Waals surface area contributed by atoms with Crippen LogP contribution in [0.2, 0.25) is 0 Å². The SMILES string of the molecule is COc1ccc2cccc(CCNC(C)=O)c2c1.O=C(O)c1cc(O)c(O)c(O)c1. The zero-order chi connectivity index (χ0) is 22.3. The molecule has 8 nitrogen and oxygen atoms in total. The van der Waals surface area contributed by atoms with Crippen LogP contribution in [0.3, 0.4) is 0 Å². The van der Waals surface area contributed by atoms with Gasteiger partial charge in [0.05, 0.1) is 12.7 Å². The highest BCUT2D eigenvalue weighted by atomic mass is 16.5. The Hall–Kier alpha value is -3.94. The van der Waals surface area contributed by atoms with Crippen molar-refractivity contribution in [3.63, 3.8) is 0 Å². The monoisotopic (exact) mass is 413 g/mol. The number of hydrogen-bond acceptors (Lipinski definition) is 6. The number of benzene rings is 3. The van der Waals surface area contributed by atoms with E-state index in [9.17, 15) is 9.59 Å². The number of nitrogens with one attached hydrogen (secondary N) is 1. The molecule has 0 aliphatic heterocycles. The van der Waals surface area contributed by atoms with E-state index in [4.69, 9.17) is 25.2 Å². The van der Waals surface area contributed by atoms with Crippen LogP contribution in [0.5, 0.6) is 23.0 Å². The molecule has 1 amide bonds. The molecule has 3 aromatic rings. The Morgan fingerprint density at radius 3 is 2.23 bits per heavy atom. The van der Waals surface area contributed by atoms with Crippen LogP contribution >= 0.6 is 0 Å². The molecule has 0 unspecified atom stereocenters. The van der Waals surface area contributed by atoms with Crippen molar-refractivity contribution >= 4 is 22.6 Å². The number of carbonyl (C=O) groups is 2. The molecular formula is C22H23NO7. The van der Waals surface area contributed by atoms with Gasteiger partial charge in [0.2, 0.25) is 5.91 Å². The lowest BCUT2D eigenvalue weighted by Gasteiger charge is -2.08. The summed E-state index contributed by atoms with van der Waals surface area (Å²) < 4.78 is 5.25. The zero-order valence-electron chi connectivity index (χ0n) is 16.5. The van der Waals surface area contributed by atoms with E-state index >= 15 is 0 Å². The average molecular weight is 413 g/mol. The molecule has 0 aliphatic rings. The number of fused-ring (bicyclic) bond motifs is 1. The molecule has 0 heterocycles. The van der Waals surface area contributed by atoms with Gasteiger partial charge in [-0.3, -0.25) is 4.79 Å². The van der Waals surface area contributed by atoms with E-state index in [-0.39, 0.29) is 11.5 Å². The van der Waals surface area contributed by atoms with Crippen LogP contribution in [0.1, 0.15) is 22.8 Å². The number of phenolic OH excluding ortho intramolecular Hbond substituents is 3. The Kier molecular flexibility index (Phi) is 7.46. The minimum atomic E-state index is -1.29. The number of hydrogen-bond donors (Lipinski definition) is 5. The van der Waals surface area contributed by atoms with Crippen LogP contribution < -0.4 is 10.1 Å². The third-order valence-corrected chi connectivity index (χ3v) is 4.26. The summed E-state index contributed by atoms with van der Waals surface area (Å²) in [5.74, 6) is -2.47. The number of phenols is 3. The van der Waals surface area contributed by atoms with E-state index in [0.29, 0.717) is 6.54 Å². The number of aromatic carboxylic acids is 1. The highest BCUT2D eigenvalue weighted by molar-refractivity contribution is 5.89. The first-order valence-corrected chi connectivity index (χ1v) is 9.01. The Labute approximate surface area is 173 Å². The molecule has 0 aliphatic carbocycles. The van der Waals surface area contributed by atoms with Gasteiger partial charge in [0, 0.05) is 13.5 Å². The number of amides is 1. The fourth-order valence-electron chi connectivity index (χ4n) is 2.76. The lowest BCUT2D eigenvalue weighted by atomic mass is 10.0. The Bertz CT molecular complexity index is 1040. The molecular weight excluding hydrogens is 390 g/mol. The summed E-state index contributed by atoms with van der Waals surface area (Å²) >= 11 is 0. The van der Waals surface area contributed by atoms with Gasteiger partial charge in [0.15, 0.2) is 17.2 Å². The number of aromatic hydroxyl groups is 3. The number of methoxy groups -OCH3 is 1. The van der Waals surface area contributed by atoms with Crippen molar-refractivity contribution in [1.29, 1.82) is 0 Å². The van der Waals surface area contributed by atoms with Crippen LogP contribution in [0, 0.1) is 0 Å². The number of rotatable bonds is 5. The zero-order valence-corrected chi connectivity index (χ0v) is 16.5. The molecule has 0 atom stereocenters. The molecule has 0 bridgehead atoms. The van der Waals surface area contributed by atoms with E-state index in [0.717, 1.165) is 24.3 Å². The summed E-state index contributed by atoms with van der Waals surface area (Å²) in [5, 5.41) is 40.1. The number of carbonyl (C=O) groups excluding carboxylic acids is 1. The van der Waals surface area contributed by atoms with Crippen molar-refractivity contribution < 1.29 is 34.8 Å². The third kappa shape index (κ3) is 5.78. The van der Waals surface area contributed by atoms with Crippen LogP contribution in [0.15, 0.2) is 48.5 Å². The smallest absolute Gasteiger partial charge is 0.335 e. The normalized spacial score (nSPS) is 10.1. The average Bonchev–Trinajstić information content (AvgIpc) is 2.71. The highest BCUT2D eigenvalue weighted by Crippen LogP contribution is 2.35. The summed E-state index contributed by atoms with van der Waals surface area (Å²) in [5.41, 5.74) is 0.933. The molecule has 0 saturated heterocycles. The number of carboxylic acids is 1. The lowest BCUT2D eigenvalue weighted by Crippen LogP contribution is -2.22. The topological polar surface area (TPSA) is 136 Å². The van der Waals surface area contributed by atoms with Gasteiger partial charge in [-0.25, -0.2) is 4.79 Å². The highest BCUT2D eigenvalue weighted by Gasteiger charge is 2.11. The standard InChI is InChI=1S/C15H17NO2.C7H6O5/c1-11(17)16-9-8-13-5-3-4-12-6-7-14(18-2)10-15(12)13;8-4-1-3(7(11)12)2-5(9)6(4)10/h3-7,10H,8-9H2,1-2H3,(H,16,17);1-2,8-10H,(H,11,12). The van der Waals surface area contributed by atoms with Crippen LogP contribution in [-0.4, -0.2) is 46.0 Å².